The van der Waals surface area contributed by atoms with E-state index in [2.05, 4.69) is 10.3 Å². The molecule has 1 N–H and O–H groups in total. The van der Waals surface area contributed by atoms with Crippen LogP contribution in [-0.2, 0) is 6.54 Å². The third-order valence-corrected chi connectivity index (χ3v) is 3.82. The lowest BCUT2D eigenvalue weighted by atomic mass is 10.2. The van der Waals surface area contributed by atoms with E-state index in [-0.39, 0.29) is 11.4 Å². The molecule has 6 nitrogen and oxygen atoms in total. The topological polar surface area (TPSA) is 65.4 Å². The van der Waals surface area contributed by atoms with Crippen molar-refractivity contribution in [2.24, 2.45) is 0 Å². The van der Waals surface area contributed by atoms with Crippen molar-refractivity contribution in [2.45, 2.75) is 6.54 Å². The molecule has 0 radical (unpaired) electrons. The van der Waals surface area contributed by atoms with Gasteiger partial charge in [0.05, 0.1) is 19.9 Å². The molecule has 0 atom stereocenters. The Kier molecular flexibility index (Phi) is 4.99. The van der Waals surface area contributed by atoms with Crippen molar-refractivity contribution in [1.29, 1.82) is 0 Å². The highest BCUT2D eigenvalue weighted by Gasteiger charge is 2.10. The summed E-state index contributed by atoms with van der Waals surface area (Å²) in [6.45, 7) is 0.433. The lowest BCUT2D eigenvalue weighted by Crippen LogP contribution is -2.23. The highest BCUT2D eigenvalue weighted by Crippen LogP contribution is 2.21. The van der Waals surface area contributed by atoms with Crippen LogP contribution < -0.4 is 20.3 Å². The maximum absolute atomic E-state index is 12.8. The predicted octanol–water partition coefficient (Wildman–Crippen LogP) is 2.86. The van der Waals surface area contributed by atoms with E-state index in [1.165, 1.54) is 4.57 Å². The smallest absolute Gasteiger partial charge is 0.297 e. The fourth-order valence-corrected chi connectivity index (χ4v) is 2.58. The summed E-state index contributed by atoms with van der Waals surface area (Å²) in [5, 5.41) is 3.09. The number of aromatic nitrogens is 2. The Bertz CT molecular complexity index is 922. The van der Waals surface area contributed by atoms with Gasteiger partial charge in [0.1, 0.15) is 11.5 Å². The van der Waals surface area contributed by atoms with Gasteiger partial charge in [-0.3, -0.25) is 9.36 Å². The predicted molar refractivity (Wildman–Crippen MR) is 96.7 cm³/mol. The molecule has 0 aliphatic carbocycles. The Balaban J connectivity index is 1.90. The molecule has 0 spiro atoms. The van der Waals surface area contributed by atoms with Gasteiger partial charge in [0.15, 0.2) is 5.82 Å². The maximum Gasteiger partial charge on any atom is 0.297 e. The zero-order chi connectivity index (χ0) is 17.6. The highest BCUT2D eigenvalue weighted by molar-refractivity contribution is 5.48. The first kappa shape index (κ1) is 16.6. The van der Waals surface area contributed by atoms with E-state index in [4.69, 9.17) is 9.47 Å². The molecular weight excluding hydrogens is 318 g/mol. The van der Waals surface area contributed by atoms with Crippen LogP contribution in [0.3, 0.4) is 0 Å². The van der Waals surface area contributed by atoms with Gasteiger partial charge in [-0.25, -0.2) is 4.98 Å². The molecule has 25 heavy (non-hydrogen) atoms. The number of rotatable bonds is 6. The van der Waals surface area contributed by atoms with Crippen molar-refractivity contribution < 1.29 is 9.47 Å². The van der Waals surface area contributed by atoms with E-state index < -0.39 is 0 Å². The van der Waals surface area contributed by atoms with Crippen LogP contribution in [0.2, 0.25) is 0 Å². The Morgan fingerprint density at radius 1 is 1.00 bits per heavy atom. The lowest BCUT2D eigenvalue weighted by Gasteiger charge is -2.13. The van der Waals surface area contributed by atoms with Crippen molar-refractivity contribution >= 4 is 5.82 Å². The summed E-state index contributed by atoms with van der Waals surface area (Å²) >= 11 is 0. The van der Waals surface area contributed by atoms with Crippen molar-refractivity contribution in [1.82, 2.24) is 9.55 Å². The SMILES string of the molecule is COc1ccccc1CNc1nccn(-c2ccccc2OC)c1=O. The second-order valence-electron chi connectivity index (χ2n) is 5.29. The summed E-state index contributed by atoms with van der Waals surface area (Å²) in [4.78, 5) is 16.9. The molecule has 1 heterocycles. The van der Waals surface area contributed by atoms with Crippen LogP contribution in [0.4, 0.5) is 5.82 Å². The summed E-state index contributed by atoms with van der Waals surface area (Å²) < 4.78 is 12.2. The zero-order valence-corrected chi connectivity index (χ0v) is 14.1. The summed E-state index contributed by atoms with van der Waals surface area (Å²) in [6.07, 6.45) is 3.20. The van der Waals surface area contributed by atoms with E-state index in [9.17, 15) is 4.79 Å². The molecule has 0 amide bonds. The van der Waals surface area contributed by atoms with Crippen molar-refractivity contribution in [3.63, 3.8) is 0 Å². The maximum atomic E-state index is 12.8. The lowest BCUT2D eigenvalue weighted by molar-refractivity contribution is 0.410. The Morgan fingerprint density at radius 2 is 1.68 bits per heavy atom. The molecule has 0 saturated carbocycles. The summed E-state index contributed by atoms with van der Waals surface area (Å²) in [5.41, 5.74) is 1.36. The number of ether oxygens (including phenoxy) is 2. The minimum Gasteiger partial charge on any atom is -0.496 e. The minimum atomic E-state index is -0.248. The standard InChI is InChI=1S/C19H19N3O3/c1-24-16-9-5-3-7-14(16)13-21-18-19(23)22(12-11-20-18)15-8-4-6-10-17(15)25-2/h3-12H,13H2,1-2H3,(H,20,21). The molecule has 1 aromatic heterocycles. The summed E-state index contributed by atoms with van der Waals surface area (Å²) in [5.74, 6) is 1.64. The molecule has 0 unspecified atom stereocenters. The average molecular weight is 337 g/mol. The number of anilines is 1. The van der Waals surface area contributed by atoms with Crippen molar-refractivity contribution in [3.05, 3.63) is 76.8 Å². The molecule has 0 saturated heterocycles. The first-order valence-corrected chi connectivity index (χ1v) is 7.81. The van der Waals surface area contributed by atoms with Gasteiger partial charge in [-0.05, 0) is 18.2 Å². The van der Waals surface area contributed by atoms with Gasteiger partial charge in [-0.1, -0.05) is 30.3 Å². The number of methoxy groups -OCH3 is 2. The van der Waals surface area contributed by atoms with E-state index in [0.29, 0.717) is 18.0 Å². The van der Waals surface area contributed by atoms with Gasteiger partial charge in [-0.2, -0.15) is 0 Å². The van der Waals surface area contributed by atoms with Gasteiger partial charge in [0, 0.05) is 24.5 Å². The van der Waals surface area contributed by atoms with Crippen LogP contribution in [0.5, 0.6) is 11.5 Å². The average Bonchev–Trinajstić information content (AvgIpc) is 2.67. The normalized spacial score (nSPS) is 10.3. The molecular formula is C19H19N3O3. The first-order valence-electron chi connectivity index (χ1n) is 7.81. The largest absolute Gasteiger partial charge is 0.496 e. The summed E-state index contributed by atoms with van der Waals surface area (Å²) in [6, 6.07) is 15.0. The quantitative estimate of drug-likeness (QED) is 0.749. The third kappa shape index (κ3) is 3.47. The van der Waals surface area contributed by atoms with Crippen LogP contribution >= 0.6 is 0 Å². The Hall–Kier alpha value is -3.28. The molecule has 2 aromatic carbocycles. The molecule has 6 heteroatoms. The number of hydrogen-bond acceptors (Lipinski definition) is 5. The monoisotopic (exact) mass is 337 g/mol. The number of nitrogens with one attached hydrogen (secondary N) is 1. The molecule has 128 valence electrons. The van der Waals surface area contributed by atoms with Crippen LogP contribution in [0.25, 0.3) is 5.69 Å². The van der Waals surface area contributed by atoms with Gasteiger partial charge < -0.3 is 14.8 Å². The fourth-order valence-electron chi connectivity index (χ4n) is 2.58. The second kappa shape index (κ2) is 7.53. The van der Waals surface area contributed by atoms with E-state index in [1.807, 2.05) is 48.5 Å². The first-order chi connectivity index (χ1) is 12.2. The van der Waals surface area contributed by atoms with Crippen molar-refractivity contribution in [3.8, 4) is 17.2 Å². The molecule has 0 aliphatic rings. The van der Waals surface area contributed by atoms with E-state index in [0.717, 1.165) is 11.3 Å². The molecule has 0 bridgehead atoms. The van der Waals surface area contributed by atoms with E-state index >= 15 is 0 Å². The summed E-state index contributed by atoms with van der Waals surface area (Å²) in [7, 11) is 3.19. The van der Waals surface area contributed by atoms with E-state index in [1.54, 1.807) is 26.6 Å². The van der Waals surface area contributed by atoms with Crippen LogP contribution in [0.1, 0.15) is 5.56 Å². The number of para-hydroxylation sites is 3. The van der Waals surface area contributed by atoms with Gasteiger partial charge in [0.25, 0.3) is 5.56 Å². The number of benzene rings is 2. The molecule has 0 aliphatic heterocycles. The van der Waals surface area contributed by atoms with Crippen LogP contribution in [0.15, 0.2) is 65.7 Å². The zero-order valence-electron chi connectivity index (χ0n) is 14.1. The van der Waals surface area contributed by atoms with Crippen LogP contribution in [-0.4, -0.2) is 23.8 Å². The number of hydrogen-bond donors (Lipinski definition) is 1. The Morgan fingerprint density at radius 3 is 2.44 bits per heavy atom. The van der Waals surface area contributed by atoms with Gasteiger partial charge >= 0.3 is 0 Å². The highest BCUT2D eigenvalue weighted by atomic mass is 16.5. The fraction of sp³-hybridized carbons (Fsp3) is 0.158. The van der Waals surface area contributed by atoms with Gasteiger partial charge in [0.2, 0.25) is 0 Å². The minimum absolute atomic E-state index is 0.248. The Labute approximate surface area is 145 Å². The van der Waals surface area contributed by atoms with Gasteiger partial charge in [-0.15, -0.1) is 0 Å². The molecule has 3 aromatic rings. The van der Waals surface area contributed by atoms with Crippen LogP contribution in [0, 0.1) is 0 Å². The van der Waals surface area contributed by atoms with Crippen molar-refractivity contribution in [2.75, 3.05) is 19.5 Å². The third-order valence-electron chi connectivity index (χ3n) is 3.82. The number of nitrogens with zero attached hydrogens (tertiary/aromatic N) is 2. The molecule has 3 rings (SSSR count). The second-order valence-corrected chi connectivity index (χ2v) is 5.29. The molecule has 0 fully saturated rings.